The minimum absolute atomic E-state index is 0.0512. The highest BCUT2D eigenvalue weighted by molar-refractivity contribution is 6.30. The minimum atomic E-state index is -0.669. The topological polar surface area (TPSA) is 92.3 Å². The van der Waals surface area contributed by atoms with Gasteiger partial charge in [0.05, 0.1) is 0 Å². The molecule has 1 aromatic heterocycles. The van der Waals surface area contributed by atoms with Crippen LogP contribution in [0.5, 0.6) is 0 Å². The summed E-state index contributed by atoms with van der Waals surface area (Å²) in [5.41, 5.74) is 1.67. The second kappa shape index (κ2) is 8.18. The Morgan fingerprint density at radius 1 is 1.32 bits per heavy atom. The summed E-state index contributed by atoms with van der Waals surface area (Å²) in [7, 11) is 0. The second-order valence-electron chi connectivity index (χ2n) is 5.14. The third-order valence-electron chi connectivity index (χ3n) is 3.38. The standard InChI is InChI=1S/C18H15ClN2O4/c1-11-12(2)25-18(15(11)9-20)21-16(22)10-24-17(23)8-5-13-3-6-14(19)7-4-13/h3-8H,10H2,1-2H3,(H,21,22)/b8-5+. The molecule has 0 unspecified atom stereocenters. The predicted octanol–water partition coefficient (Wildman–Crippen LogP) is 3.62. The molecule has 0 saturated carbocycles. The van der Waals surface area contributed by atoms with Gasteiger partial charge in [0.15, 0.2) is 6.61 Å². The van der Waals surface area contributed by atoms with Gasteiger partial charge in [-0.05, 0) is 37.6 Å². The Morgan fingerprint density at radius 2 is 2.00 bits per heavy atom. The third kappa shape index (κ3) is 4.96. The van der Waals surface area contributed by atoms with Gasteiger partial charge in [-0.3, -0.25) is 10.1 Å². The summed E-state index contributed by atoms with van der Waals surface area (Å²) in [5, 5.41) is 12.1. The van der Waals surface area contributed by atoms with Crippen LogP contribution >= 0.6 is 11.6 Å². The number of ether oxygens (including phenoxy) is 1. The number of nitrogens with zero attached hydrogens (tertiary/aromatic N) is 1. The van der Waals surface area contributed by atoms with Crippen molar-refractivity contribution in [3.8, 4) is 6.07 Å². The van der Waals surface area contributed by atoms with E-state index in [-0.39, 0.29) is 11.4 Å². The van der Waals surface area contributed by atoms with E-state index in [0.29, 0.717) is 16.3 Å². The van der Waals surface area contributed by atoms with Gasteiger partial charge in [0.1, 0.15) is 17.4 Å². The average molecular weight is 359 g/mol. The van der Waals surface area contributed by atoms with Crippen LogP contribution in [0.15, 0.2) is 34.8 Å². The molecule has 1 heterocycles. The predicted molar refractivity (Wildman–Crippen MR) is 93.0 cm³/mol. The molecule has 0 aliphatic carbocycles. The summed E-state index contributed by atoms with van der Waals surface area (Å²) in [6, 6.07) is 8.83. The molecular formula is C18H15ClN2O4. The number of furan rings is 1. The van der Waals surface area contributed by atoms with Gasteiger partial charge in [0.2, 0.25) is 5.88 Å². The molecule has 0 spiro atoms. The molecule has 2 rings (SSSR count). The Kier molecular flexibility index (Phi) is 5.98. The summed E-state index contributed by atoms with van der Waals surface area (Å²) >= 11 is 5.77. The van der Waals surface area contributed by atoms with E-state index in [0.717, 1.165) is 5.56 Å². The number of hydrogen-bond donors (Lipinski definition) is 1. The Balaban J connectivity index is 1.87. The first-order valence-corrected chi connectivity index (χ1v) is 7.69. The van der Waals surface area contributed by atoms with Crippen LogP contribution in [-0.4, -0.2) is 18.5 Å². The normalized spacial score (nSPS) is 10.5. The molecule has 1 aromatic carbocycles. The number of carbonyl (C=O) groups is 2. The van der Waals surface area contributed by atoms with E-state index >= 15 is 0 Å². The van der Waals surface area contributed by atoms with Gasteiger partial charge in [0.25, 0.3) is 5.91 Å². The van der Waals surface area contributed by atoms with Gasteiger partial charge < -0.3 is 9.15 Å². The molecule has 1 amide bonds. The Bertz CT molecular complexity index is 860. The summed E-state index contributed by atoms with van der Waals surface area (Å²) in [6.07, 6.45) is 2.75. The maximum atomic E-state index is 11.8. The Morgan fingerprint density at radius 3 is 2.64 bits per heavy atom. The summed E-state index contributed by atoms with van der Waals surface area (Å²) in [5.74, 6) is -0.680. The molecule has 0 fully saturated rings. The lowest BCUT2D eigenvalue weighted by molar-refractivity contribution is -0.142. The zero-order chi connectivity index (χ0) is 18.4. The molecule has 6 nitrogen and oxygen atoms in total. The van der Waals surface area contributed by atoms with Crippen molar-refractivity contribution in [3.63, 3.8) is 0 Å². The highest BCUT2D eigenvalue weighted by atomic mass is 35.5. The SMILES string of the molecule is Cc1oc(NC(=O)COC(=O)/C=C/c2ccc(Cl)cc2)c(C#N)c1C. The van der Waals surface area contributed by atoms with Gasteiger partial charge in [-0.15, -0.1) is 0 Å². The largest absolute Gasteiger partial charge is 0.452 e. The van der Waals surface area contributed by atoms with Crippen LogP contribution in [0.2, 0.25) is 5.02 Å². The van der Waals surface area contributed by atoms with Crippen molar-refractivity contribution in [3.05, 3.63) is 57.8 Å². The van der Waals surface area contributed by atoms with Crippen molar-refractivity contribution in [2.75, 3.05) is 11.9 Å². The number of nitrogens with one attached hydrogen (secondary N) is 1. The first-order chi connectivity index (χ1) is 11.9. The number of benzene rings is 1. The van der Waals surface area contributed by atoms with Crippen molar-refractivity contribution in [1.82, 2.24) is 0 Å². The second-order valence-corrected chi connectivity index (χ2v) is 5.58. The van der Waals surface area contributed by atoms with Crippen LogP contribution < -0.4 is 5.32 Å². The monoisotopic (exact) mass is 358 g/mol. The van der Waals surface area contributed by atoms with E-state index in [1.807, 2.05) is 6.07 Å². The van der Waals surface area contributed by atoms with E-state index in [1.54, 1.807) is 44.2 Å². The van der Waals surface area contributed by atoms with E-state index in [4.69, 9.17) is 26.0 Å². The number of hydrogen-bond acceptors (Lipinski definition) is 5. The van der Waals surface area contributed by atoms with E-state index in [2.05, 4.69) is 5.32 Å². The quantitative estimate of drug-likeness (QED) is 0.651. The summed E-state index contributed by atoms with van der Waals surface area (Å²) < 4.78 is 10.2. The number of aryl methyl sites for hydroxylation is 1. The number of esters is 1. The molecule has 25 heavy (non-hydrogen) atoms. The molecule has 0 radical (unpaired) electrons. The number of rotatable bonds is 5. The van der Waals surface area contributed by atoms with Crippen molar-refractivity contribution in [2.45, 2.75) is 13.8 Å². The fourth-order valence-corrected chi connectivity index (χ4v) is 2.06. The number of carbonyl (C=O) groups excluding carboxylic acids is 2. The third-order valence-corrected chi connectivity index (χ3v) is 3.63. The van der Waals surface area contributed by atoms with Crippen LogP contribution in [-0.2, 0) is 14.3 Å². The van der Waals surface area contributed by atoms with E-state index in [1.165, 1.54) is 6.08 Å². The molecule has 2 aromatic rings. The smallest absolute Gasteiger partial charge is 0.331 e. The van der Waals surface area contributed by atoms with Crippen molar-refractivity contribution in [2.24, 2.45) is 0 Å². The Labute approximate surface area is 149 Å². The van der Waals surface area contributed by atoms with Crippen molar-refractivity contribution in [1.29, 1.82) is 5.26 Å². The zero-order valence-electron chi connectivity index (χ0n) is 13.6. The van der Waals surface area contributed by atoms with Crippen molar-refractivity contribution >= 4 is 35.4 Å². The van der Waals surface area contributed by atoms with Gasteiger partial charge in [-0.25, -0.2) is 4.79 Å². The van der Waals surface area contributed by atoms with Gasteiger partial charge >= 0.3 is 5.97 Å². The molecule has 0 bridgehead atoms. The minimum Gasteiger partial charge on any atom is -0.452 e. The molecular weight excluding hydrogens is 344 g/mol. The first-order valence-electron chi connectivity index (χ1n) is 7.31. The number of amides is 1. The van der Waals surface area contributed by atoms with E-state index < -0.39 is 18.5 Å². The molecule has 7 heteroatoms. The number of nitriles is 1. The molecule has 0 atom stereocenters. The maximum Gasteiger partial charge on any atom is 0.331 e. The average Bonchev–Trinajstić information content (AvgIpc) is 2.85. The first kappa shape index (κ1) is 18.3. The molecule has 128 valence electrons. The highest BCUT2D eigenvalue weighted by Crippen LogP contribution is 2.25. The molecule has 0 saturated heterocycles. The highest BCUT2D eigenvalue weighted by Gasteiger charge is 2.17. The van der Waals surface area contributed by atoms with Crippen LogP contribution in [0.25, 0.3) is 6.08 Å². The molecule has 0 aliphatic rings. The van der Waals surface area contributed by atoms with Crippen LogP contribution in [0.1, 0.15) is 22.5 Å². The fourth-order valence-electron chi connectivity index (χ4n) is 1.94. The lowest BCUT2D eigenvalue weighted by Crippen LogP contribution is -2.20. The van der Waals surface area contributed by atoms with Gasteiger partial charge in [-0.1, -0.05) is 23.7 Å². The lowest BCUT2D eigenvalue weighted by atomic mass is 10.2. The lowest BCUT2D eigenvalue weighted by Gasteiger charge is -2.03. The van der Waals surface area contributed by atoms with Crippen LogP contribution in [0, 0.1) is 25.2 Å². The fraction of sp³-hybridized carbons (Fsp3) is 0.167. The number of anilines is 1. The summed E-state index contributed by atoms with van der Waals surface area (Å²) in [6.45, 7) is 2.91. The molecule has 0 aliphatic heterocycles. The zero-order valence-corrected chi connectivity index (χ0v) is 14.4. The van der Waals surface area contributed by atoms with Gasteiger partial charge in [-0.2, -0.15) is 5.26 Å². The summed E-state index contributed by atoms with van der Waals surface area (Å²) in [4.78, 5) is 23.5. The van der Waals surface area contributed by atoms with Gasteiger partial charge in [0, 0.05) is 16.7 Å². The molecule has 1 N–H and O–H groups in total. The van der Waals surface area contributed by atoms with Crippen LogP contribution in [0.3, 0.4) is 0 Å². The number of halogens is 1. The van der Waals surface area contributed by atoms with Crippen molar-refractivity contribution < 1.29 is 18.7 Å². The van der Waals surface area contributed by atoms with Crippen LogP contribution in [0.4, 0.5) is 5.88 Å². The van der Waals surface area contributed by atoms with E-state index in [9.17, 15) is 9.59 Å². The maximum absolute atomic E-state index is 11.8. The Hall–Kier alpha value is -3.04.